The normalized spacial score (nSPS) is 19.8. The fourth-order valence-electron chi connectivity index (χ4n) is 2.19. The predicted octanol–water partition coefficient (Wildman–Crippen LogP) is 2.77. The molecule has 0 aromatic heterocycles. The average molecular weight is 335 g/mol. The lowest BCUT2D eigenvalue weighted by molar-refractivity contribution is -0.209. The Balaban J connectivity index is 2.48. The van der Waals surface area contributed by atoms with Crippen molar-refractivity contribution in [3.63, 3.8) is 0 Å². The Morgan fingerprint density at radius 3 is 2.73 bits per heavy atom. The standard InChI is InChI=1S/C13H10ClF3N2O3/c1-6-8(3-2-7(4-18)10(6)14)19-9(5-22-12(19)21)11(20)13(15,16)17/h2-3,9,11,20H,5H2,1H3. The number of benzene rings is 1. The van der Waals surface area contributed by atoms with Gasteiger partial charge < -0.3 is 9.84 Å². The maximum Gasteiger partial charge on any atom is 0.416 e. The molecule has 22 heavy (non-hydrogen) atoms. The van der Waals surface area contributed by atoms with Crippen LogP contribution in [0.2, 0.25) is 5.02 Å². The summed E-state index contributed by atoms with van der Waals surface area (Å²) in [5.74, 6) is 0. The van der Waals surface area contributed by atoms with Crippen molar-refractivity contribution in [3.05, 3.63) is 28.3 Å². The molecule has 1 aliphatic rings. The molecular weight excluding hydrogens is 325 g/mol. The maximum absolute atomic E-state index is 12.7. The zero-order valence-electron chi connectivity index (χ0n) is 11.2. The third-order valence-electron chi connectivity index (χ3n) is 3.34. The molecule has 2 atom stereocenters. The second-order valence-corrected chi connectivity index (χ2v) is 5.06. The first kappa shape index (κ1) is 16.4. The van der Waals surface area contributed by atoms with E-state index in [1.807, 2.05) is 6.07 Å². The van der Waals surface area contributed by atoms with E-state index >= 15 is 0 Å². The number of amides is 1. The van der Waals surface area contributed by atoms with E-state index in [0.29, 0.717) is 4.90 Å². The van der Waals surface area contributed by atoms with Gasteiger partial charge in [0.2, 0.25) is 0 Å². The van der Waals surface area contributed by atoms with Gasteiger partial charge in [0.25, 0.3) is 0 Å². The zero-order valence-corrected chi connectivity index (χ0v) is 11.9. The number of carbonyl (C=O) groups is 1. The average Bonchev–Trinajstić information content (AvgIpc) is 2.81. The van der Waals surface area contributed by atoms with Crippen LogP contribution in [0.4, 0.5) is 23.7 Å². The molecule has 1 amide bonds. The lowest BCUT2D eigenvalue weighted by atomic mass is 10.1. The number of hydrogen-bond donors (Lipinski definition) is 1. The van der Waals surface area contributed by atoms with Crippen LogP contribution in [0.1, 0.15) is 11.1 Å². The molecule has 0 aliphatic carbocycles. The van der Waals surface area contributed by atoms with Crippen molar-refractivity contribution in [1.29, 1.82) is 5.26 Å². The number of halogens is 4. The highest BCUT2D eigenvalue weighted by Crippen LogP contribution is 2.36. The van der Waals surface area contributed by atoms with Crippen LogP contribution in [0.25, 0.3) is 0 Å². The third kappa shape index (κ3) is 2.69. The highest BCUT2D eigenvalue weighted by atomic mass is 35.5. The van der Waals surface area contributed by atoms with Gasteiger partial charge in [-0.25, -0.2) is 4.79 Å². The smallest absolute Gasteiger partial charge is 0.416 e. The molecule has 1 aromatic carbocycles. The van der Waals surface area contributed by atoms with Crippen molar-refractivity contribution in [2.75, 3.05) is 11.5 Å². The quantitative estimate of drug-likeness (QED) is 0.902. The Bertz CT molecular complexity index is 657. The summed E-state index contributed by atoms with van der Waals surface area (Å²) in [6.45, 7) is 0.859. The van der Waals surface area contributed by atoms with Crippen molar-refractivity contribution in [3.8, 4) is 6.07 Å². The van der Waals surface area contributed by atoms with Crippen LogP contribution in [0.15, 0.2) is 12.1 Å². The lowest BCUT2D eigenvalue weighted by Crippen LogP contribution is -2.49. The summed E-state index contributed by atoms with van der Waals surface area (Å²) in [6, 6.07) is 2.79. The van der Waals surface area contributed by atoms with Crippen molar-refractivity contribution >= 4 is 23.4 Å². The number of cyclic esters (lactones) is 1. The Kier molecular flexibility index (Phi) is 4.22. The highest BCUT2D eigenvalue weighted by molar-refractivity contribution is 6.33. The molecule has 2 unspecified atom stereocenters. The number of anilines is 1. The van der Waals surface area contributed by atoms with Gasteiger partial charge in [-0.2, -0.15) is 18.4 Å². The number of hydrogen-bond acceptors (Lipinski definition) is 4. The van der Waals surface area contributed by atoms with Crippen molar-refractivity contribution < 1.29 is 27.8 Å². The van der Waals surface area contributed by atoms with Crippen LogP contribution in [-0.4, -0.2) is 36.1 Å². The molecule has 0 saturated carbocycles. The maximum atomic E-state index is 12.7. The summed E-state index contributed by atoms with van der Waals surface area (Å²) in [5.41, 5.74) is 0.433. The summed E-state index contributed by atoms with van der Waals surface area (Å²) in [4.78, 5) is 12.5. The third-order valence-corrected chi connectivity index (χ3v) is 3.83. The van der Waals surface area contributed by atoms with Crippen molar-refractivity contribution in [2.24, 2.45) is 0 Å². The van der Waals surface area contributed by atoms with Crippen LogP contribution in [-0.2, 0) is 4.74 Å². The largest absolute Gasteiger partial charge is 0.447 e. The number of alkyl halides is 3. The minimum absolute atomic E-state index is 0.0277. The molecule has 2 rings (SSSR count). The van der Waals surface area contributed by atoms with Gasteiger partial charge in [-0.3, -0.25) is 4.90 Å². The van der Waals surface area contributed by atoms with Gasteiger partial charge in [0.05, 0.1) is 16.3 Å². The molecule has 0 bridgehead atoms. The second kappa shape index (κ2) is 5.66. The zero-order chi connectivity index (χ0) is 16.7. The number of nitrogens with zero attached hydrogens (tertiary/aromatic N) is 2. The van der Waals surface area contributed by atoms with E-state index in [1.54, 1.807) is 0 Å². The number of nitriles is 1. The minimum atomic E-state index is -4.90. The molecule has 5 nitrogen and oxygen atoms in total. The van der Waals surface area contributed by atoms with Gasteiger partial charge in [0.15, 0.2) is 6.10 Å². The Labute approximate surface area is 128 Å². The van der Waals surface area contributed by atoms with Crippen LogP contribution in [0, 0.1) is 18.3 Å². The molecule has 0 spiro atoms. The van der Waals surface area contributed by atoms with Crippen LogP contribution < -0.4 is 4.90 Å². The topological polar surface area (TPSA) is 73.6 Å². The van der Waals surface area contributed by atoms with E-state index in [0.717, 1.165) is 0 Å². The van der Waals surface area contributed by atoms with E-state index in [-0.39, 0.29) is 21.8 Å². The predicted molar refractivity (Wildman–Crippen MR) is 70.6 cm³/mol. The number of aliphatic hydroxyl groups excluding tert-OH is 1. The van der Waals surface area contributed by atoms with E-state index in [9.17, 15) is 23.1 Å². The molecule has 1 fully saturated rings. The SMILES string of the molecule is Cc1c(N2C(=O)OCC2C(O)C(F)(F)F)ccc(C#N)c1Cl. The first-order chi connectivity index (χ1) is 10.2. The Morgan fingerprint density at radius 2 is 2.18 bits per heavy atom. The summed E-state index contributed by atoms with van der Waals surface area (Å²) < 4.78 is 42.7. The van der Waals surface area contributed by atoms with Crippen LogP contribution >= 0.6 is 11.6 Å². The second-order valence-electron chi connectivity index (χ2n) is 4.68. The highest BCUT2D eigenvalue weighted by Gasteiger charge is 2.51. The molecule has 0 radical (unpaired) electrons. The summed E-state index contributed by atoms with van der Waals surface area (Å²) in [5, 5.41) is 18.3. The summed E-state index contributed by atoms with van der Waals surface area (Å²) >= 11 is 5.96. The monoisotopic (exact) mass is 334 g/mol. The van der Waals surface area contributed by atoms with Gasteiger partial charge in [-0.05, 0) is 24.6 Å². The van der Waals surface area contributed by atoms with E-state index in [2.05, 4.69) is 4.74 Å². The number of aliphatic hydroxyl groups is 1. The Hall–Kier alpha value is -1.98. The van der Waals surface area contributed by atoms with E-state index in [1.165, 1.54) is 19.1 Å². The summed E-state index contributed by atoms with van der Waals surface area (Å²) in [7, 11) is 0. The van der Waals surface area contributed by atoms with Gasteiger partial charge in [0, 0.05) is 0 Å². The van der Waals surface area contributed by atoms with Gasteiger partial charge >= 0.3 is 12.3 Å². The van der Waals surface area contributed by atoms with Crippen LogP contribution in [0.5, 0.6) is 0 Å². The first-order valence-corrected chi connectivity index (χ1v) is 6.46. The molecule has 118 valence electrons. The fraction of sp³-hybridized carbons (Fsp3) is 0.385. The van der Waals surface area contributed by atoms with E-state index < -0.39 is 31.0 Å². The fourth-order valence-corrected chi connectivity index (χ4v) is 2.39. The number of ether oxygens (including phenoxy) is 1. The molecule has 1 saturated heterocycles. The molecule has 9 heteroatoms. The van der Waals surface area contributed by atoms with Gasteiger partial charge in [-0.15, -0.1) is 0 Å². The lowest BCUT2D eigenvalue weighted by Gasteiger charge is -2.28. The molecule has 1 heterocycles. The van der Waals surface area contributed by atoms with Gasteiger partial charge in [0.1, 0.15) is 18.7 Å². The summed E-state index contributed by atoms with van der Waals surface area (Å²) in [6.07, 6.45) is -8.67. The Morgan fingerprint density at radius 1 is 1.55 bits per heavy atom. The molecule has 1 aromatic rings. The molecular formula is C13H10ClF3N2O3. The molecule has 1 N–H and O–H groups in total. The molecule has 1 aliphatic heterocycles. The number of carbonyl (C=O) groups excluding carboxylic acids is 1. The van der Waals surface area contributed by atoms with E-state index in [4.69, 9.17) is 16.9 Å². The first-order valence-electron chi connectivity index (χ1n) is 6.08. The van der Waals surface area contributed by atoms with Crippen molar-refractivity contribution in [2.45, 2.75) is 25.2 Å². The number of rotatable bonds is 2. The van der Waals surface area contributed by atoms with Crippen LogP contribution in [0.3, 0.4) is 0 Å². The van der Waals surface area contributed by atoms with Gasteiger partial charge in [-0.1, -0.05) is 11.6 Å². The van der Waals surface area contributed by atoms with Crippen molar-refractivity contribution in [1.82, 2.24) is 0 Å². The minimum Gasteiger partial charge on any atom is -0.447 e.